The zero-order chi connectivity index (χ0) is 11.6. The molecule has 8 heteroatoms. The Hall–Kier alpha value is -0.380. The van der Waals surface area contributed by atoms with Crippen molar-refractivity contribution < 1.29 is 13.7 Å². The van der Waals surface area contributed by atoms with Gasteiger partial charge in [-0.15, -0.1) is 0 Å². The fraction of sp³-hybridized carbons (Fsp3) is 0.286. The zero-order valence-electron chi connectivity index (χ0n) is 7.08. The smallest absolute Gasteiger partial charge is 0.258 e. The van der Waals surface area contributed by atoms with E-state index in [0.29, 0.717) is 0 Å². The van der Waals surface area contributed by atoms with E-state index < -0.39 is 22.6 Å². The summed E-state index contributed by atoms with van der Waals surface area (Å²) < 4.78 is 25.3. The van der Waals surface area contributed by atoms with Gasteiger partial charge in [0.05, 0.1) is 10.3 Å². The monoisotopic (exact) mass is 392 g/mol. The Morgan fingerprint density at radius 3 is 2.67 bits per heavy atom. The third-order valence-electron chi connectivity index (χ3n) is 1.65. The molecular weight excluding hydrogens is 389 g/mol. The van der Waals surface area contributed by atoms with E-state index in [9.17, 15) is 18.9 Å². The van der Waals surface area contributed by atoms with E-state index in [1.165, 1.54) is 6.20 Å². The van der Waals surface area contributed by atoms with Gasteiger partial charge in [-0.2, -0.15) is 0 Å². The lowest BCUT2D eigenvalue weighted by molar-refractivity contribution is -0.387. The molecule has 4 nitrogen and oxygen atoms in total. The largest absolute Gasteiger partial charge is 0.301 e. The van der Waals surface area contributed by atoms with E-state index in [0.717, 1.165) is 0 Å². The van der Waals surface area contributed by atoms with Gasteiger partial charge in [-0.05, 0) is 22.6 Å². The Kier molecular flexibility index (Phi) is 4.32. The average Bonchev–Trinajstić information content (AvgIpc) is 2.16. The fourth-order valence-electron chi connectivity index (χ4n) is 1.04. The molecule has 0 amide bonds. The molecule has 1 heterocycles. The van der Waals surface area contributed by atoms with E-state index in [2.05, 4.69) is 20.9 Å². The molecule has 1 aromatic heterocycles. The molecule has 0 radical (unpaired) electrons. The van der Waals surface area contributed by atoms with Gasteiger partial charge in [-0.25, -0.2) is 8.78 Å². The second kappa shape index (κ2) is 5.10. The number of halogens is 4. The summed E-state index contributed by atoms with van der Waals surface area (Å²) in [5, 5.41) is 10.7. The highest BCUT2D eigenvalue weighted by atomic mass is 127. The summed E-state index contributed by atoms with van der Waals surface area (Å²) in [6.45, 7) is 0. The van der Waals surface area contributed by atoms with Crippen molar-refractivity contribution in [3.8, 4) is 0 Å². The molecule has 0 aromatic carbocycles. The minimum Gasteiger partial charge on any atom is -0.258 e. The molecule has 0 N–H and O–H groups in total. The Labute approximate surface area is 105 Å². The molecule has 15 heavy (non-hydrogen) atoms. The van der Waals surface area contributed by atoms with Crippen molar-refractivity contribution in [3.05, 3.63) is 31.1 Å². The van der Waals surface area contributed by atoms with Crippen LogP contribution in [0.4, 0.5) is 14.5 Å². The Bertz CT molecular complexity index is 403. The normalized spacial score (nSPS) is 10.7. The van der Waals surface area contributed by atoms with Gasteiger partial charge in [-0.3, -0.25) is 15.1 Å². The molecule has 0 saturated heterocycles. The highest BCUT2D eigenvalue weighted by Crippen LogP contribution is 2.35. The van der Waals surface area contributed by atoms with Crippen LogP contribution >= 0.6 is 38.5 Å². The minimum atomic E-state index is -2.88. The van der Waals surface area contributed by atoms with Crippen LogP contribution in [0.25, 0.3) is 0 Å². The third-order valence-corrected chi connectivity index (χ3v) is 3.04. The molecule has 0 saturated carbocycles. The lowest BCUT2D eigenvalue weighted by Crippen LogP contribution is -2.04. The van der Waals surface area contributed by atoms with E-state index in [-0.39, 0.29) is 14.6 Å². The third kappa shape index (κ3) is 2.60. The Morgan fingerprint density at radius 1 is 1.67 bits per heavy atom. The van der Waals surface area contributed by atoms with Crippen LogP contribution in [0.5, 0.6) is 0 Å². The molecule has 1 rings (SSSR count). The van der Waals surface area contributed by atoms with Crippen LogP contribution in [0.2, 0.25) is 0 Å². The first kappa shape index (κ1) is 12.7. The number of nitrogens with zero attached hydrogens (tertiary/aromatic N) is 2. The van der Waals surface area contributed by atoms with Gasteiger partial charge in [0, 0.05) is 9.77 Å². The number of rotatable bonds is 3. The maximum atomic E-state index is 12.6. The first-order valence-electron chi connectivity index (χ1n) is 3.64. The maximum absolute atomic E-state index is 12.6. The Balaban J connectivity index is 3.51. The molecular formula is C7H4BrF2IN2O2. The maximum Gasteiger partial charge on any atom is 0.301 e. The van der Waals surface area contributed by atoms with Crippen molar-refractivity contribution >= 4 is 44.2 Å². The number of alkyl halides is 3. The Morgan fingerprint density at radius 2 is 2.27 bits per heavy atom. The molecule has 0 aliphatic rings. The second-order valence-electron chi connectivity index (χ2n) is 2.51. The highest BCUT2D eigenvalue weighted by Gasteiger charge is 2.28. The van der Waals surface area contributed by atoms with Crippen molar-refractivity contribution in [3.63, 3.8) is 0 Å². The number of pyridine rings is 1. The van der Waals surface area contributed by atoms with Crippen LogP contribution < -0.4 is 0 Å². The molecule has 0 bridgehead atoms. The molecule has 0 spiro atoms. The molecule has 0 aliphatic heterocycles. The predicted octanol–water partition coefficient (Wildman–Crippen LogP) is 3.43. The highest BCUT2D eigenvalue weighted by molar-refractivity contribution is 14.1. The number of hydrogen-bond acceptors (Lipinski definition) is 3. The summed E-state index contributed by atoms with van der Waals surface area (Å²) in [4.78, 5) is 13.6. The quantitative estimate of drug-likeness (QED) is 0.343. The van der Waals surface area contributed by atoms with Crippen LogP contribution in [-0.2, 0) is 5.33 Å². The summed E-state index contributed by atoms with van der Waals surface area (Å²) in [5.74, 6) is 0. The summed E-state index contributed by atoms with van der Waals surface area (Å²) in [5.41, 5.74) is -1.16. The zero-order valence-corrected chi connectivity index (χ0v) is 10.8. The van der Waals surface area contributed by atoms with Gasteiger partial charge < -0.3 is 0 Å². The topological polar surface area (TPSA) is 56.0 Å². The van der Waals surface area contributed by atoms with Crippen LogP contribution in [-0.4, -0.2) is 9.91 Å². The molecule has 0 unspecified atom stereocenters. The van der Waals surface area contributed by atoms with Crippen molar-refractivity contribution in [2.24, 2.45) is 0 Å². The first-order chi connectivity index (χ1) is 6.99. The number of nitro groups is 1. The van der Waals surface area contributed by atoms with Crippen LogP contribution in [0, 0.1) is 13.7 Å². The molecule has 0 atom stereocenters. The van der Waals surface area contributed by atoms with Crippen molar-refractivity contribution in [1.29, 1.82) is 0 Å². The van der Waals surface area contributed by atoms with Crippen LogP contribution in [0.15, 0.2) is 6.20 Å². The van der Waals surface area contributed by atoms with Crippen molar-refractivity contribution in [1.82, 2.24) is 4.98 Å². The predicted molar refractivity (Wildman–Crippen MR) is 61.2 cm³/mol. The van der Waals surface area contributed by atoms with Gasteiger partial charge in [-0.1, -0.05) is 15.9 Å². The van der Waals surface area contributed by atoms with E-state index in [4.69, 9.17) is 0 Å². The average molecular weight is 393 g/mol. The van der Waals surface area contributed by atoms with Gasteiger partial charge in [0.1, 0.15) is 11.3 Å². The fourth-order valence-corrected chi connectivity index (χ4v) is 2.08. The molecule has 0 aliphatic carbocycles. The number of hydrogen-bond donors (Lipinski definition) is 0. The lowest BCUT2D eigenvalue weighted by atomic mass is 10.2. The van der Waals surface area contributed by atoms with E-state index in [1.807, 2.05) is 0 Å². The molecule has 0 fully saturated rings. The summed E-state index contributed by atoms with van der Waals surface area (Å²) in [7, 11) is 0. The summed E-state index contributed by atoms with van der Waals surface area (Å²) in [6.07, 6.45) is -1.68. The van der Waals surface area contributed by atoms with Gasteiger partial charge >= 0.3 is 5.69 Å². The van der Waals surface area contributed by atoms with Gasteiger partial charge in [0.15, 0.2) is 0 Å². The van der Waals surface area contributed by atoms with Crippen molar-refractivity contribution in [2.45, 2.75) is 11.8 Å². The standard InChI is InChI=1S/C7H4BrF2IN2O2/c8-1-4-6(13(14)15)5(7(9)10)3(11)2-12-4/h2,7H,1H2. The van der Waals surface area contributed by atoms with E-state index in [1.54, 1.807) is 22.6 Å². The van der Waals surface area contributed by atoms with E-state index >= 15 is 0 Å². The SMILES string of the molecule is O=[N+]([O-])c1c(CBr)ncc(I)c1C(F)F. The van der Waals surface area contributed by atoms with Crippen LogP contribution in [0.1, 0.15) is 17.7 Å². The van der Waals surface area contributed by atoms with Gasteiger partial charge in [0.2, 0.25) is 0 Å². The van der Waals surface area contributed by atoms with Gasteiger partial charge in [0.25, 0.3) is 6.43 Å². The minimum absolute atomic E-state index is 0.00992. The summed E-state index contributed by atoms with van der Waals surface area (Å²) in [6, 6.07) is 0. The van der Waals surface area contributed by atoms with Crippen LogP contribution in [0.3, 0.4) is 0 Å². The summed E-state index contributed by atoms with van der Waals surface area (Å²) >= 11 is 4.58. The lowest BCUT2D eigenvalue weighted by Gasteiger charge is -2.06. The second-order valence-corrected chi connectivity index (χ2v) is 4.23. The van der Waals surface area contributed by atoms with Crippen molar-refractivity contribution in [2.75, 3.05) is 0 Å². The number of aromatic nitrogens is 1. The first-order valence-corrected chi connectivity index (χ1v) is 5.84. The molecule has 82 valence electrons. The molecule has 1 aromatic rings.